The molecule has 0 atom stereocenters. The molecule has 4 aromatic rings. The predicted octanol–water partition coefficient (Wildman–Crippen LogP) is 9.43. The summed E-state index contributed by atoms with van der Waals surface area (Å²) < 4.78 is 0. The molecule has 0 heterocycles. The molecular weight excluding hydrogens is 697 g/mol. The van der Waals surface area contributed by atoms with Crippen LogP contribution in [0.1, 0.15) is 117 Å². The standard InChI is InChI=1S/C42H38O8S2/c1-19(2)27-33-31(25(37(45)41(27)49)17-51-23-13-9-7-10-14-23)39(47)29(21(5)35(33)43)30-22(6)36(44)34-28(20(3)4)42(50)38(46)26(32(34)40(30)48)18-52-24-15-11-8-12-16-24/h7-16,19-20,45-46,49-50H,17-18H2,1-6H3. The number of benzene rings is 4. The quantitative estimate of drug-likeness (QED) is 0.0968. The van der Waals surface area contributed by atoms with Gasteiger partial charge in [0, 0.05) is 88.1 Å². The summed E-state index contributed by atoms with van der Waals surface area (Å²) >= 11 is 2.58. The lowest BCUT2D eigenvalue weighted by atomic mass is 9.70. The fourth-order valence-electron chi connectivity index (χ4n) is 7.10. The Morgan fingerprint density at radius 3 is 1.12 bits per heavy atom. The van der Waals surface area contributed by atoms with Crippen LogP contribution in [0.4, 0.5) is 0 Å². The summed E-state index contributed by atoms with van der Waals surface area (Å²) in [7, 11) is 0. The van der Waals surface area contributed by atoms with Crippen molar-refractivity contribution in [3.63, 3.8) is 0 Å². The van der Waals surface area contributed by atoms with Crippen LogP contribution in [0.25, 0.3) is 0 Å². The van der Waals surface area contributed by atoms with E-state index in [1.807, 2.05) is 60.7 Å². The van der Waals surface area contributed by atoms with E-state index in [0.29, 0.717) is 0 Å². The van der Waals surface area contributed by atoms with Gasteiger partial charge < -0.3 is 20.4 Å². The van der Waals surface area contributed by atoms with Crippen molar-refractivity contribution in [2.75, 3.05) is 0 Å². The molecule has 0 aromatic heterocycles. The number of Topliss-reactive ketones (excluding diaryl/α,β-unsaturated/α-hetero) is 4. The first kappa shape index (κ1) is 36.7. The highest BCUT2D eigenvalue weighted by Crippen LogP contribution is 2.51. The van der Waals surface area contributed by atoms with E-state index in [-0.39, 0.29) is 78.3 Å². The van der Waals surface area contributed by atoms with Gasteiger partial charge in [0.25, 0.3) is 0 Å². The zero-order chi connectivity index (χ0) is 37.8. The van der Waals surface area contributed by atoms with E-state index in [0.717, 1.165) is 9.79 Å². The van der Waals surface area contributed by atoms with Crippen molar-refractivity contribution < 1.29 is 39.6 Å². The van der Waals surface area contributed by atoms with Crippen molar-refractivity contribution in [1.29, 1.82) is 0 Å². The van der Waals surface area contributed by atoms with Crippen LogP contribution in [0.2, 0.25) is 0 Å². The second-order valence-corrected chi connectivity index (χ2v) is 15.6. The van der Waals surface area contributed by atoms with Crippen LogP contribution in [0, 0.1) is 0 Å². The molecule has 4 N–H and O–H groups in total. The number of rotatable bonds is 9. The number of ketones is 4. The average Bonchev–Trinajstić information content (AvgIpc) is 3.12. The summed E-state index contributed by atoms with van der Waals surface area (Å²) in [6.45, 7) is 9.76. The second-order valence-electron chi connectivity index (χ2n) is 13.5. The first-order chi connectivity index (χ1) is 24.7. The average molecular weight is 735 g/mol. The largest absolute Gasteiger partial charge is 0.504 e. The molecular formula is C42H38O8S2. The molecule has 4 aromatic carbocycles. The maximum Gasteiger partial charge on any atom is 0.195 e. The number of hydrogen-bond donors (Lipinski definition) is 4. The van der Waals surface area contributed by atoms with Gasteiger partial charge >= 0.3 is 0 Å². The predicted molar refractivity (Wildman–Crippen MR) is 202 cm³/mol. The molecule has 52 heavy (non-hydrogen) atoms. The van der Waals surface area contributed by atoms with Gasteiger partial charge in [-0.15, -0.1) is 23.5 Å². The summed E-state index contributed by atoms with van der Waals surface area (Å²) in [6, 6.07) is 18.4. The summed E-state index contributed by atoms with van der Waals surface area (Å²) in [4.78, 5) is 60.4. The molecule has 6 rings (SSSR count). The normalized spacial score (nSPS) is 14.5. The molecule has 266 valence electrons. The zero-order valence-electron chi connectivity index (χ0n) is 29.6. The van der Waals surface area contributed by atoms with Crippen LogP contribution < -0.4 is 0 Å². The second kappa shape index (κ2) is 14.2. The van der Waals surface area contributed by atoms with Gasteiger partial charge in [-0.2, -0.15) is 0 Å². The van der Waals surface area contributed by atoms with Crippen molar-refractivity contribution in [2.45, 2.75) is 74.7 Å². The molecule has 0 aliphatic heterocycles. The van der Waals surface area contributed by atoms with E-state index in [4.69, 9.17) is 0 Å². The molecule has 0 radical (unpaired) electrons. The first-order valence-electron chi connectivity index (χ1n) is 16.9. The molecule has 8 nitrogen and oxygen atoms in total. The van der Waals surface area contributed by atoms with Gasteiger partial charge in [-0.25, -0.2) is 0 Å². The molecule has 0 unspecified atom stereocenters. The van der Waals surface area contributed by atoms with E-state index >= 15 is 0 Å². The lowest BCUT2D eigenvalue weighted by molar-refractivity contribution is 0.0950. The number of phenols is 4. The SMILES string of the molecule is CC1=C(C2=C(C)C(=O)c3c(c(CSc4ccccc4)c(O)c(O)c3C(C)C)C2=O)C(=O)c2c(CSc3ccccc3)c(O)c(O)c(C(C)C)c2C1=O. The number of hydrogen-bond acceptors (Lipinski definition) is 10. The van der Waals surface area contributed by atoms with Crippen LogP contribution in [-0.2, 0) is 11.5 Å². The number of allylic oxidation sites excluding steroid dienone is 4. The highest BCUT2D eigenvalue weighted by atomic mass is 32.2. The third kappa shape index (κ3) is 5.93. The van der Waals surface area contributed by atoms with Crippen LogP contribution in [-0.4, -0.2) is 43.6 Å². The summed E-state index contributed by atoms with van der Waals surface area (Å²) in [5.74, 6) is -5.66. The lowest BCUT2D eigenvalue weighted by Gasteiger charge is -2.31. The lowest BCUT2D eigenvalue weighted by Crippen LogP contribution is -2.32. The Morgan fingerprint density at radius 2 is 0.808 bits per heavy atom. The molecule has 0 saturated carbocycles. The summed E-state index contributed by atoms with van der Waals surface area (Å²) in [5.41, 5.74) is -0.768. The van der Waals surface area contributed by atoms with Gasteiger partial charge in [-0.3, -0.25) is 19.2 Å². The fraction of sp³-hybridized carbons (Fsp3) is 0.238. The maximum atomic E-state index is 14.9. The molecule has 0 spiro atoms. The van der Waals surface area contributed by atoms with Gasteiger partial charge in [-0.1, -0.05) is 64.1 Å². The molecule has 10 heteroatoms. The highest BCUT2D eigenvalue weighted by molar-refractivity contribution is 7.98. The minimum Gasteiger partial charge on any atom is -0.504 e. The molecule has 2 aliphatic carbocycles. The van der Waals surface area contributed by atoms with Gasteiger partial charge in [-0.05, 0) is 49.9 Å². The van der Waals surface area contributed by atoms with Crippen molar-refractivity contribution in [3.05, 3.63) is 127 Å². The fourth-order valence-corrected chi connectivity index (χ4v) is 8.99. The van der Waals surface area contributed by atoms with E-state index in [9.17, 15) is 39.6 Å². The van der Waals surface area contributed by atoms with Crippen molar-refractivity contribution in [3.8, 4) is 23.0 Å². The number of carbonyl (C=O) groups is 4. The number of phenolic OH excluding ortho intramolecular Hbond substituents is 4. The topological polar surface area (TPSA) is 149 Å². The van der Waals surface area contributed by atoms with E-state index in [2.05, 4.69) is 0 Å². The Balaban J connectivity index is 1.57. The van der Waals surface area contributed by atoms with E-state index in [1.165, 1.54) is 37.4 Å². The Hall–Kier alpha value is -5.06. The van der Waals surface area contributed by atoms with Crippen molar-refractivity contribution in [2.24, 2.45) is 0 Å². The van der Waals surface area contributed by atoms with Crippen molar-refractivity contribution in [1.82, 2.24) is 0 Å². The molecule has 0 saturated heterocycles. The number of thioether (sulfide) groups is 2. The number of aromatic hydroxyl groups is 4. The number of carbonyl (C=O) groups excluding carboxylic acids is 4. The summed E-state index contributed by atoms with van der Waals surface area (Å²) in [6.07, 6.45) is 0. The minimum absolute atomic E-state index is 0.00889. The van der Waals surface area contributed by atoms with Gasteiger partial charge in [0.05, 0.1) is 0 Å². The van der Waals surface area contributed by atoms with Gasteiger partial charge in [0.15, 0.2) is 46.1 Å². The van der Waals surface area contributed by atoms with Crippen LogP contribution >= 0.6 is 23.5 Å². The van der Waals surface area contributed by atoms with Crippen LogP contribution in [0.3, 0.4) is 0 Å². The maximum absolute atomic E-state index is 14.9. The highest BCUT2D eigenvalue weighted by Gasteiger charge is 2.45. The smallest absolute Gasteiger partial charge is 0.195 e. The summed E-state index contributed by atoms with van der Waals surface area (Å²) in [5, 5.41) is 45.3. The Bertz CT molecular complexity index is 2100. The molecule has 0 bridgehead atoms. The third-order valence-corrected chi connectivity index (χ3v) is 11.7. The van der Waals surface area contributed by atoms with Gasteiger partial charge in [0.1, 0.15) is 0 Å². The monoisotopic (exact) mass is 734 g/mol. The van der Waals surface area contributed by atoms with Crippen LogP contribution in [0.5, 0.6) is 23.0 Å². The number of fused-ring (bicyclic) bond motifs is 2. The Labute approximate surface area is 310 Å². The van der Waals surface area contributed by atoms with Crippen LogP contribution in [0.15, 0.2) is 92.7 Å². The van der Waals surface area contributed by atoms with E-state index in [1.54, 1.807) is 27.7 Å². The Morgan fingerprint density at radius 1 is 0.481 bits per heavy atom. The molecule has 0 amide bonds. The first-order valence-corrected chi connectivity index (χ1v) is 18.8. The van der Waals surface area contributed by atoms with Crippen molar-refractivity contribution >= 4 is 46.7 Å². The van der Waals surface area contributed by atoms with E-state index < -0.39 is 58.0 Å². The zero-order valence-corrected chi connectivity index (χ0v) is 31.2. The third-order valence-electron chi connectivity index (χ3n) is 9.62. The molecule has 0 fully saturated rings. The minimum atomic E-state index is -0.737. The Kier molecular flexibility index (Phi) is 10.0. The molecule has 2 aliphatic rings. The van der Waals surface area contributed by atoms with Gasteiger partial charge in [0.2, 0.25) is 0 Å².